The number of thioether (sulfide) groups is 1. The Kier molecular flexibility index (Phi) is 10.5. The Labute approximate surface area is 264 Å². The van der Waals surface area contributed by atoms with E-state index in [4.69, 9.17) is 44.9 Å². The fraction of sp³-hybridized carbons (Fsp3) is 0.258. The van der Waals surface area contributed by atoms with Crippen molar-refractivity contribution < 1.29 is 19.1 Å². The van der Waals surface area contributed by atoms with Crippen LogP contribution in [0.2, 0.25) is 10.0 Å². The SMILES string of the molecule is O=C(CCN1C(=O)C(=Cc2ccc(OCCN3CCOCC3)c(-c3ccc(Cl)cc3Cl)c2)SC1=S)Nc1ccccc1. The number of carbonyl (C=O) groups is 2. The van der Waals surface area contributed by atoms with E-state index in [1.165, 1.54) is 16.7 Å². The Bertz CT molecular complexity index is 1500. The van der Waals surface area contributed by atoms with E-state index >= 15 is 0 Å². The second-order valence-corrected chi connectivity index (χ2v) is 12.2. The van der Waals surface area contributed by atoms with Gasteiger partial charge in [-0.25, -0.2) is 0 Å². The minimum absolute atomic E-state index is 0.129. The van der Waals surface area contributed by atoms with Crippen LogP contribution >= 0.6 is 47.2 Å². The molecule has 0 spiro atoms. The van der Waals surface area contributed by atoms with Gasteiger partial charge < -0.3 is 14.8 Å². The lowest BCUT2D eigenvalue weighted by molar-refractivity contribution is -0.122. The molecule has 0 unspecified atom stereocenters. The van der Waals surface area contributed by atoms with E-state index in [1.54, 1.807) is 18.2 Å². The Hall–Kier alpha value is -2.92. The van der Waals surface area contributed by atoms with E-state index in [9.17, 15) is 9.59 Å². The number of hydrogen-bond acceptors (Lipinski definition) is 7. The van der Waals surface area contributed by atoms with E-state index in [0.717, 1.165) is 49.5 Å². The quantitative estimate of drug-likeness (QED) is 0.197. The van der Waals surface area contributed by atoms with Gasteiger partial charge in [0.15, 0.2) is 0 Å². The number of ether oxygens (including phenoxy) is 2. The number of halogens is 2. The molecule has 0 radical (unpaired) electrons. The summed E-state index contributed by atoms with van der Waals surface area (Å²) >= 11 is 19.5. The van der Waals surface area contributed by atoms with Crippen molar-refractivity contribution in [1.29, 1.82) is 0 Å². The molecule has 0 saturated carbocycles. The number of amides is 2. The summed E-state index contributed by atoms with van der Waals surface area (Å²) in [6.07, 6.45) is 1.93. The third-order valence-corrected chi connectivity index (χ3v) is 8.71. The van der Waals surface area contributed by atoms with E-state index in [2.05, 4.69) is 10.2 Å². The molecule has 0 atom stereocenters. The fourth-order valence-corrected chi connectivity index (χ4v) is 6.41. The van der Waals surface area contributed by atoms with Gasteiger partial charge in [0.05, 0.1) is 23.1 Å². The van der Waals surface area contributed by atoms with Crippen molar-refractivity contribution in [2.45, 2.75) is 6.42 Å². The van der Waals surface area contributed by atoms with Gasteiger partial charge in [0.25, 0.3) is 5.91 Å². The number of anilines is 1. The van der Waals surface area contributed by atoms with Crippen LogP contribution in [-0.4, -0.2) is 71.9 Å². The molecule has 2 fully saturated rings. The van der Waals surface area contributed by atoms with E-state index in [-0.39, 0.29) is 24.8 Å². The fourth-order valence-electron chi connectivity index (χ4n) is 4.59. The third-order valence-electron chi connectivity index (χ3n) is 6.79. The largest absolute Gasteiger partial charge is 0.492 e. The molecule has 218 valence electrons. The van der Waals surface area contributed by atoms with Gasteiger partial charge in [-0.1, -0.05) is 77.5 Å². The maximum absolute atomic E-state index is 13.2. The van der Waals surface area contributed by atoms with Crippen LogP contribution in [0.1, 0.15) is 12.0 Å². The zero-order chi connectivity index (χ0) is 29.5. The molecule has 42 heavy (non-hydrogen) atoms. The molecule has 3 aromatic rings. The first-order chi connectivity index (χ1) is 20.4. The van der Waals surface area contributed by atoms with E-state index < -0.39 is 0 Å². The van der Waals surface area contributed by atoms with Crippen LogP contribution in [0, 0.1) is 0 Å². The highest BCUT2D eigenvalue weighted by molar-refractivity contribution is 8.26. The smallest absolute Gasteiger partial charge is 0.266 e. The highest BCUT2D eigenvalue weighted by Crippen LogP contribution is 2.39. The summed E-state index contributed by atoms with van der Waals surface area (Å²) in [4.78, 5) is 29.9. The molecule has 2 aliphatic heterocycles. The van der Waals surface area contributed by atoms with Gasteiger partial charge in [-0.3, -0.25) is 19.4 Å². The maximum Gasteiger partial charge on any atom is 0.266 e. The first kappa shape index (κ1) is 30.5. The van der Waals surface area contributed by atoms with Gasteiger partial charge in [0, 0.05) is 54.4 Å². The molecule has 11 heteroatoms. The van der Waals surface area contributed by atoms with Crippen LogP contribution < -0.4 is 10.1 Å². The van der Waals surface area contributed by atoms with Gasteiger partial charge in [0.1, 0.15) is 16.7 Å². The zero-order valence-corrected chi connectivity index (χ0v) is 25.8. The summed E-state index contributed by atoms with van der Waals surface area (Å²) in [5.41, 5.74) is 3.06. The molecule has 3 aromatic carbocycles. The molecule has 2 heterocycles. The lowest BCUT2D eigenvalue weighted by Gasteiger charge is -2.26. The summed E-state index contributed by atoms with van der Waals surface area (Å²) in [6, 6.07) is 20.3. The average molecular weight is 643 g/mol. The van der Waals surface area contributed by atoms with Crippen molar-refractivity contribution in [2.75, 3.05) is 51.3 Å². The maximum atomic E-state index is 13.2. The van der Waals surface area contributed by atoms with Crippen LogP contribution in [0.25, 0.3) is 17.2 Å². The highest BCUT2D eigenvalue weighted by Gasteiger charge is 2.32. The summed E-state index contributed by atoms with van der Waals surface area (Å²) in [5, 5.41) is 3.87. The number of nitrogens with one attached hydrogen (secondary N) is 1. The topological polar surface area (TPSA) is 71.1 Å². The lowest BCUT2D eigenvalue weighted by atomic mass is 10.0. The first-order valence-corrected chi connectivity index (χ1v) is 15.5. The number of rotatable bonds is 10. The molecule has 7 nitrogen and oxygen atoms in total. The first-order valence-electron chi connectivity index (χ1n) is 13.5. The molecular formula is C31H29Cl2N3O4S2. The van der Waals surface area contributed by atoms with E-state index in [0.29, 0.717) is 37.3 Å². The molecule has 5 rings (SSSR count). The number of hydrogen-bond donors (Lipinski definition) is 1. The Morgan fingerprint density at radius 2 is 1.81 bits per heavy atom. The molecule has 0 aliphatic carbocycles. The van der Waals surface area contributed by atoms with Crippen LogP contribution in [0.5, 0.6) is 5.75 Å². The summed E-state index contributed by atoms with van der Waals surface area (Å²) < 4.78 is 12.1. The molecule has 2 aliphatic rings. The standard InChI is InChI=1S/C31H29Cl2N3O4S2/c32-22-7-8-24(26(33)20-22)25-18-21(6-9-27(25)40-17-14-35-12-15-39-16-13-35)19-28-30(38)36(31(41)42-28)11-10-29(37)34-23-4-2-1-3-5-23/h1-9,18-20H,10-17H2,(H,34,37). The van der Waals surface area contributed by atoms with Gasteiger partial charge >= 0.3 is 0 Å². The predicted molar refractivity (Wildman–Crippen MR) is 174 cm³/mol. The normalized spacial score (nSPS) is 16.7. The van der Waals surface area contributed by atoms with Gasteiger partial charge in [-0.2, -0.15) is 0 Å². The number of benzene rings is 3. The van der Waals surface area contributed by atoms with Gasteiger partial charge in [-0.05, 0) is 48.0 Å². The second-order valence-electron chi connectivity index (χ2n) is 9.68. The summed E-state index contributed by atoms with van der Waals surface area (Å²) in [7, 11) is 0. The molecule has 2 saturated heterocycles. The van der Waals surface area contributed by atoms with Crippen molar-refractivity contribution in [3.8, 4) is 16.9 Å². The van der Waals surface area contributed by atoms with Crippen molar-refractivity contribution in [3.63, 3.8) is 0 Å². The van der Waals surface area contributed by atoms with Crippen LogP contribution in [0.4, 0.5) is 5.69 Å². The number of morpholine rings is 1. The number of carbonyl (C=O) groups excluding carboxylic acids is 2. The Morgan fingerprint density at radius 1 is 1.02 bits per heavy atom. The van der Waals surface area contributed by atoms with Crippen molar-refractivity contribution >= 4 is 75.1 Å². The van der Waals surface area contributed by atoms with Crippen LogP contribution in [-0.2, 0) is 14.3 Å². The highest BCUT2D eigenvalue weighted by atomic mass is 35.5. The lowest BCUT2D eigenvalue weighted by Crippen LogP contribution is -2.38. The predicted octanol–water partition coefficient (Wildman–Crippen LogP) is 6.60. The van der Waals surface area contributed by atoms with Crippen molar-refractivity contribution in [1.82, 2.24) is 9.80 Å². The molecular weight excluding hydrogens is 613 g/mol. The second kappa shape index (κ2) is 14.5. The summed E-state index contributed by atoms with van der Waals surface area (Å²) in [6.45, 7) is 4.71. The molecule has 0 bridgehead atoms. The van der Waals surface area contributed by atoms with Crippen LogP contribution in [0.3, 0.4) is 0 Å². The Morgan fingerprint density at radius 3 is 2.57 bits per heavy atom. The van der Waals surface area contributed by atoms with E-state index in [1.807, 2.05) is 54.6 Å². The molecule has 1 N–H and O–H groups in total. The van der Waals surface area contributed by atoms with Crippen LogP contribution in [0.15, 0.2) is 71.6 Å². The Balaban J connectivity index is 1.30. The van der Waals surface area contributed by atoms with Gasteiger partial charge in [0.2, 0.25) is 5.91 Å². The minimum atomic E-state index is -0.227. The number of para-hydroxylation sites is 1. The number of nitrogens with zero attached hydrogens (tertiary/aromatic N) is 2. The zero-order valence-electron chi connectivity index (χ0n) is 22.7. The molecule has 2 amide bonds. The monoisotopic (exact) mass is 641 g/mol. The van der Waals surface area contributed by atoms with Gasteiger partial charge in [-0.15, -0.1) is 0 Å². The van der Waals surface area contributed by atoms with Crippen molar-refractivity contribution in [3.05, 3.63) is 87.2 Å². The van der Waals surface area contributed by atoms with Crippen molar-refractivity contribution in [2.24, 2.45) is 0 Å². The number of thiocarbonyl (C=S) groups is 1. The third kappa shape index (κ3) is 7.92. The minimum Gasteiger partial charge on any atom is -0.492 e. The molecule has 0 aromatic heterocycles. The average Bonchev–Trinajstić information content (AvgIpc) is 3.25. The summed E-state index contributed by atoms with van der Waals surface area (Å²) in [5.74, 6) is 0.268.